The summed E-state index contributed by atoms with van der Waals surface area (Å²) in [6, 6.07) is 7.96. The molecule has 0 aliphatic rings. The standard InChI is InChI=1S/C6H4Br2.CH4O/c7-5-1-2-6(8)4-3-5;1-2/h1-4H;2H,1H3. The molecule has 0 fully saturated rings. The molecule has 0 heterocycles. The van der Waals surface area contributed by atoms with Crippen LogP contribution in [0.15, 0.2) is 33.2 Å². The lowest BCUT2D eigenvalue weighted by Gasteiger charge is -1.86. The Morgan fingerprint density at radius 2 is 1.10 bits per heavy atom. The molecule has 1 aromatic carbocycles. The van der Waals surface area contributed by atoms with Crippen molar-refractivity contribution in [3.05, 3.63) is 33.2 Å². The first kappa shape index (κ1) is 10.1. The van der Waals surface area contributed by atoms with E-state index in [4.69, 9.17) is 5.11 Å². The average molecular weight is 268 g/mol. The average Bonchev–Trinajstić information content (AvgIpc) is 2.00. The maximum Gasteiger partial charge on any atom is 0.0319 e. The first-order valence-corrected chi connectivity index (χ1v) is 4.23. The third kappa shape index (κ3) is 4.04. The maximum absolute atomic E-state index is 7.00. The molecule has 0 aliphatic heterocycles. The van der Waals surface area contributed by atoms with Gasteiger partial charge in [-0.1, -0.05) is 31.9 Å². The van der Waals surface area contributed by atoms with E-state index in [2.05, 4.69) is 31.9 Å². The van der Waals surface area contributed by atoms with Gasteiger partial charge in [-0.2, -0.15) is 0 Å². The van der Waals surface area contributed by atoms with Crippen molar-refractivity contribution in [3.8, 4) is 0 Å². The van der Waals surface area contributed by atoms with Crippen LogP contribution in [-0.2, 0) is 0 Å². The van der Waals surface area contributed by atoms with E-state index in [0.29, 0.717) is 0 Å². The highest BCUT2D eigenvalue weighted by Gasteiger charge is 1.83. The highest BCUT2D eigenvalue weighted by molar-refractivity contribution is 9.11. The Kier molecular flexibility index (Phi) is 5.97. The Bertz CT molecular complexity index is 150. The zero-order valence-electron chi connectivity index (χ0n) is 5.51. The van der Waals surface area contributed by atoms with Crippen LogP contribution in [0.1, 0.15) is 0 Å². The molecule has 0 aliphatic carbocycles. The molecule has 1 N–H and O–H groups in total. The number of rotatable bonds is 0. The molecule has 0 bridgehead atoms. The minimum atomic E-state index is 1.00. The highest BCUT2D eigenvalue weighted by Crippen LogP contribution is 2.13. The summed E-state index contributed by atoms with van der Waals surface area (Å²) < 4.78 is 2.22. The summed E-state index contributed by atoms with van der Waals surface area (Å²) >= 11 is 6.65. The largest absolute Gasteiger partial charge is 0.400 e. The molecule has 0 spiro atoms. The van der Waals surface area contributed by atoms with Crippen LogP contribution in [0.5, 0.6) is 0 Å². The molecule has 1 aromatic rings. The second-order valence-corrected chi connectivity index (χ2v) is 3.27. The smallest absolute Gasteiger partial charge is 0.0319 e. The van der Waals surface area contributed by atoms with Crippen LogP contribution >= 0.6 is 31.9 Å². The van der Waals surface area contributed by atoms with Crippen LogP contribution in [0.4, 0.5) is 0 Å². The first-order valence-electron chi connectivity index (χ1n) is 2.65. The van der Waals surface area contributed by atoms with E-state index in [1.165, 1.54) is 0 Å². The van der Waals surface area contributed by atoms with Crippen LogP contribution in [0, 0.1) is 0 Å². The normalized spacial score (nSPS) is 8.00. The quantitative estimate of drug-likeness (QED) is 0.767. The van der Waals surface area contributed by atoms with Crippen LogP contribution in [-0.4, -0.2) is 12.2 Å². The monoisotopic (exact) mass is 266 g/mol. The van der Waals surface area contributed by atoms with Gasteiger partial charge in [-0.05, 0) is 24.3 Å². The molecule has 0 atom stereocenters. The van der Waals surface area contributed by atoms with Gasteiger partial charge < -0.3 is 5.11 Å². The van der Waals surface area contributed by atoms with Crippen molar-refractivity contribution in [1.29, 1.82) is 0 Å². The third-order valence-corrected chi connectivity index (χ3v) is 1.86. The Morgan fingerprint density at radius 1 is 0.900 bits per heavy atom. The van der Waals surface area contributed by atoms with E-state index in [1.807, 2.05) is 24.3 Å². The van der Waals surface area contributed by atoms with Crippen molar-refractivity contribution in [2.75, 3.05) is 7.11 Å². The molecule has 0 saturated heterocycles. The molecule has 1 nitrogen and oxygen atoms in total. The first-order chi connectivity index (χ1) is 4.79. The van der Waals surface area contributed by atoms with Crippen molar-refractivity contribution < 1.29 is 5.11 Å². The fourth-order valence-corrected chi connectivity index (χ4v) is 0.958. The van der Waals surface area contributed by atoms with E-state index in [1.54, 1.807) is 0 Å². The molecule has 10 heavy (non-hydrogen) atoms. The van der Waals surface area contributed by atoms with Gasteiger partial charge in [0.25, 0.3) is 0 Å². The molecule has 1 rings (SSSR count). The highest BCUT2D eigenvalue weighted by atomic mass is 79.9. The van der Waals surface area contributed by atoms with Gasteiger partial charge in [0.1, 0.15) is 0 Å². The van der Waals surface area contributed by atoms with Crippen LogP contribution < -0.4 is 0 Å². The molecular weight excluding hydrogens is 260 g/mol. The topological polar surface area (TPSA) is 20.2 Å². The zero-order chi connectivity index (χ0) is 7.98. The fourth-order valence-electron chi connectivity index (χ4n) is 0.430. The summed E-state index contributed by atoms with van der Waals surface area (Å²) in [6.45, 7) is 0. The Balaban J connectivity index is 0.000000371. The number of benzene rings is 1. The lowest BCUT2D eigenvalue weighted by atomic mass is 10.4. The SMILES string of the molecule is Brc1ccc(Br)cc1.CO. The van der Waals surface area contributed by atoms with E-state index < -0.39 is 0 Å². The van der Waals surface area contributed by atoms with E-state index in [-0.39, 0.29) is 0 Å². The van der Waals surface area contributed by atoms with Crippen molar-refractivity contribution in [1.82, 2.24) is 0 Å². The number of hydrogen-bond acceptors (Lipinski definition) is 1. The Hall–Kier alpha value is 0.140. The second kappa shape index (κ2) is 5.89. The molecule has 3 heteroatoms. The van der Waals surface area contributed by atoms with E-state index in [0.717, 1.165) is 16.1 Å². The minimum absolute atomic E-state index is 1.00. The molecule has 0 amide bonds. The summed E-state index contributed by atoms with van der Waals surface area (Å²) in [5.74, 6) is 0. The molecule has 56 valence electrons. The predicted octanol–water partition coefficient (Wildman–Crippen LogP) is 2.82. The van der Waals surface area contributed by atoms with Crippen LogP contribution in [0.25, 0.3) is 0 Å². The zero-order valence-corrected chi connectivity index (χ0v) is 8.68. The van der Waals surface area contributed by atoms with Crippen molar-refractivity contribution in [2.24, 2.45) is 0 Å². The van der Waals surface area contributed by atoms with Gasteiger partial charge in [0.2, 0.25) is 0 Å². The van der Waals surface area contributed by atoms with Gasteiger partial charge in [0.15, 0.2) is 0 Å². The van der Waals surface area contributed by atoms with Gasteiger partial charge in [0, 0.05) is 16.1 Å². The molecule has 0 aromatic heterocycles. The maximum atomic E-state index is 7.00. The second-order valence-electron chi connectivity index (χ2n) is 1.44. The number of aliphatic hydroxyl groups is 1. The van der Waals surface area contributed by atoms with Crippen LogP contribution in [0.3, 0.4) is 0 Å². The van der Waals surface area contributed by atoms with Crippen molar-refractivity contribution in [3.63, 3.8) is 0 Å². The predicted molar refractivity (Wildman–Crippen MR) is 50.0 cm³/mol. The lowest BCUT2D eigenvalue weighted by molar-refractivity contribution is 0.399. The molecular formula is C7H8Br2O. The molecule has 0 unspecified atom stereocenters. The summed E-state index contributed by atoms with van der Waals surface area (Å²) in [7, 11) is 1.00. The van der Waals surface area contributed by atoms with Gasteiger partial charge in [-0.25, -0.2) is 0 Å². The van der Waals surface area contributed by atoms with Crippen LogP contribution in [0.2, 0.25) is 0 Å². The fraction of sp³-hybridized carbons (Fsp3) is 0.143. The van der Waals surface area contributed by atoms with Gasteiger partial charge in [-0.15, -0.1) is 0 Å². The summed E-state index contributed by atoms with van der Waals surface area (Å²) in [4.78, 5) is 0. The van der Waals surface area contributed by atoms with Crippen molar-refractivity contribution in [2.45, 2.75) is 0 Å². The minimum Gasteiger partial charge on any atom is -0.400 e. The Morgan fingerprint density at radius 3 is 1.30 bits per heavy atom. The molecule has 0 saturated carbocycles. The van der Waals surface area contributed by atoms with Gasteiger partial charge >= 0.3 is 0 Å². The van der Waals surface area contributed by atoms with Gasteiger partial charge in [-0.3, -0.25) is 0 Å². The van der Waals surface area contributed by atoms with Gasteiger partial charge in [0.05, 0.1) is 0 Å². The number of halogens is 2. The number of hydrogen-bond donors (Lipinski definition) is 1. The lowest BCUT2D eigenvalue weighted by Crippen LogP contribution is -1.61. The van der Waals surface area contributed by atoms with E-state index in [9.17, 15) is 0 Å². The van der Waals surface area contributed by atoms with Crippen molar-refractivity contribution >= 4 is 31.9 Å². The summed E-state index contributed by atoms with van der Waals surface area (Å²) in [5, 5.41) is 7.00. The summed E-state index contributed by atoms with van der Waals surface area (Å²) in [5.41, 5.74) is 0. The Labute approximate surface area is 77.3 Å². The number of aliphatic hydroxyl groups excluding tert-OH is 1. The third-order valence-electron chi connectivity index (χ3n) is 0.804. The molecule has 0 radical (unpaired) electrons. The summed E-state index contributed by atoms with van der Waals surface area (Å²) in [6.07, 6.45) is 0. The van der Waals surface area contributed by atoms with E-state index >= 15 is 0 Å².